The number of amides is 1. The molecule has 0 spiro atoms. The number of hydrogen-bond donors (Lipinski definition) is 1. The number of rotatable bonds is 7. The van der Waals surface area contributed by atoms with Gasteiger partial charge in [0.05, 0.1) is 0 Å². The molecule has 22 heavy (non-hydrogen) atoms. The van der Waals surface area contributed by atoms with E-state index in [1.807, 2.05) is 36.4 Å². The molecule has 1 unspecified atom stereocenters. The van der Waals surface area contributed by atoms with Gasteiger partial charge in [0.1, 0.15) is 5.75 Å². The minimum absolute atomic E-state index is 0.115. The van der Waals surface area contributed by atoms with E-state index in [0.717, 1.165) is 0 Å². The molecule has 0 aliphatic heterocycles. The molecule has 2 aromatic rings. The molecule has 1 N–H and O–H groups in total. The van der Waals surface area contributed by atoms with Gasteiger partial charge in [-0.15, -0.1) is 0 Å². The molecule has 116 valence electrons. The van der Waals surface area contributed by atoms with Crippen LogP contribution in [0.25, 0.3) is 0 Å². The van der Waals surface area contributed by atoms with Crippen molar-refractivity contribution in [3.8, 4) is 5.75 Å². The van der Waals surface area contributed by atoms with Gasteiger partial charge in [-0.1, -0.05) is 36.4 Å². The number of benzene rings is 2. The fraction of sp³-hybridized carbons (Fsp3) is 0.235. The van der Waals surface area contributed by atoms with Gasteiger partial charge in [-0.2, -0.15) is 0 Å². The monoisotopic (exact) mass is 317 g/mol. The van der Waals surface area contributed by atoms with Gasteiger partial charge in [0.15, 0.2) is 0 Å². The molecule has 0 fully saturated rings. The largest absolute Gasteiger partial charge is 0.443 e. The van der Waals surface area contributed by atoms with Gasteiger partial charge in [-0.3, -0.25) is 9.36 Å². The summed E-state index contributed by atoms with van der Waals surface area (Å²) in [7, 11) is -2.70. The molecule has 0 heterocycles. The Morgan fingerprint density at radius 1 is 1.05 bits per heavy atom. The van der Waals surface area contributed by atoms with Crippen LogP contribution in [0.1, 0.15) is 16.8 Å². The Morgan fingerprint density at radius 3 is 2.27 bits per heavy atom. The summed E-state index contributed by atoms with van der Waals surface area (Å²) in [6.07, 6.45) is 1.04. The summed E-state index contributed by atoms with van der Waals surface area (Å²) in [5.41, 5.74) is 0.628. The van der Waals surface area contributed by atoms with Crippen LogP contribution < -0.4 is 9.84 Å². The molecule has 5 heteroatoms. The average Bonchev–Trinajstić information content (AvgIpc) is 2.53. The van der Waals surface area contributed by atoms with E-state index in [9.17, 15) is 9.36 Å². The molecule has 0 aliphatic carbocycles. The highest BCUT2D eigenvalue weighted by atomic mass is 31.2. The normalized spacial score (nSPS) is 13.1. The van der Waals surface area contributed by atoms with E-state index in [0.29, 0.717) is 30.4 Å². The molecule has 0 bridgehead atoms. The highest BCUT2D eigenvalue weighted by Crippen LogP contribution is 2.43. The van der Waals surface area contributed by atoms with Crippen LogP contribution in [-0.4, -0.2) is 25.3 Å². The van der Waals surface area contributed by atoms with E-state index in [2.05, 4.69) is 5.32 Å². The van der Waals surface area contributed by atoms with Crippen molar-refractivity contribution in [2.45, 2.75) is 6.42 Å². The van der Waals surface area contributed by atoms with Crippen LogP contribution in [0.15, 0.2) is 60.7 Å². The summed E-state index contributed by atoms with van der Waals surface area (Å²) in [5.74, 6) is 0.497. The quantitative estimate of drug-likeness (QED) is 0.624. The zero-order valence-corrected chi connectivity index (χ0v) is 13.5. The predicted octanol–water partition coefficient (Wildman–Crippen LogP) is 3.79. The fourth-order valence-electron chi connectivity index (χ4n) is 2.01. The van der Waals surface area contributed by atoms with Gasteiger partial charge in [-0.25, -0.2) is 0 Å². The van der Waals surface area contributed by atoms with Crippen LogP contribution in [0.3, 0.4) is 0 Å². The second-order valence-electron chi connectivity index (χ2n) is 5.12. The van der Waals surface area contributed by atoms with Crippen LogP contribution in [0.2, 0.25) is 0 Å². The first-order valence-corrected chi connectivity index (χ1v) is 9.47. The summed E-state index contributed by atoms with van der Waals surface area (Å²) in [6.45, 7) is 2.10. The van der Waals surface area contributed by atoms with Crippen molar-refractivity contribution in [1.29, 1.82) is 0 Å². The Labute approximate surface area is 131 Å². The van der Waals surface area contributed by atoms with E-state index in [-0.39, 0.29) is 5.91 Å². The lowest BCUT2D eigenvalue weighted by Crippen LogP contribution is -2.25. The van der Waals surface area contributed by atoms with Crippen LogP contribution in [0, 0.1) is 0 Å². The summed E-state index contributed by atoms with van der Waals surface area (Å²) < 4.78 is 17.9. The Bertz CT molecular complexity index is 643. The van der Waals surface area contributed by atoms with E-state index >= 15 is 0 Å². The van der Waals surface area contributed by atoms with E-state index < -0.39 is 7.37 Å². The lowest BCUT2D eigenvalue weighted by Gasteiger charge is -2.15. The van der Waals surface area contributed by atoms with E-state index in [1.165, 1.54) is 0 Å². The summed E-state index contributed by atoms with van der Waals surface area (Å²) >= 11 is 0. The van der Waals surface area contributed by atoms with Crippen LogP contribution in [0.5, 0.6) is 5.75 Å². The SMILES string of the molecule is CP(=O)(CCCNC(=O)c1ccccc1)Oc1ccccc1. The van der Waals surface area contributed by atoms with Crippen molar-refractivity contribution in [2.75, 3.05) is 19.4 Å². The molecule has 0 saturated carbocycles. The van der Waals surface area contributed by atoms with Gasteiger partial charge >= 0.3 is 0 Å². The molecule has 0 aromatic heterocycles. The van der Waals surface area contributed by atoms with E-state index in [1.54, 1.807) is 30.9 Å². The Balaban J connectivity index is 1.74. The van der Waals surface area contributed by atoms with Crippen molar-refractivity contribution in [3.63, 3.8) is 0 Å². The summed E-state index contributed by atoms with van der Waals surface area (Å²) in [5, 5.41) is 2.82. The topological polar surface area (TPSA) is 55.4 Å². The highest BCUT2D eigenvalue weighted by molar-refractivity contribution is 7.58. The third-order valence-corrected chi connectivity index (χ3v) is 4.83. The highest BCUT2D eigenvalue weighted by Gasteiger charge is 2.17. The lowest BCUT2D eigenvalue weighted by molar-refractivity contribution is 0.0953. The maximum atomic E-state index is 12.4. The average molecular weight is 317 g/mol. The van der Waals surface area contributed by atoms with Gasteiger partial charge in [-0.05, 0) is 30.7 Å². The first-order chi connectivity index (χ1) is 10.6. The van der Waals surface area contributed by atoms with Gasteiger partial charge in [0.25, 0.3) is 5.91 Å². The number of para-hydroxylation sites is 1. The van der Waals surface area contributed by atoms with Gasteiger partial charge in [0.2, 0.25) is 7.37 Å². The molecule has 2 aromatic carbocycles. The number of nitrogens with one attached hydrogen (secondary N) is 1. The third kappa shape index (κ3) is 5.38. The Morgan fingerprint density at radius 2 is 1.64 bits per heavy atom. The maximum absolute atomic E-state index is 12.4. The molecule has 4 nitrogen and oxygen atoms in total. The maximum Gasteiger partial charge on any atom is 0.251 e. The lowest BCUT2D eigenvalue weighted by atomic mass is 10.2. The summed E-state index contributed by atoms with van der Waals surface area (Å²) in [6, 6.07) is 18.2. The van der Waals surface area contributed by atoms with Crippen molar-refractivity contribution in [1.82, 2.24) is 5.32 Å². The first kappa shape index (κ1) is 16.3. The molecule has 0 radical (unpaired) electrons. The molecular formula is C17H20NO3P. The van der Waals surface area contributed by atoms with Crippen LogP contribution >= 0.6 is 7.37 Å². The van der Waals surface area contributed by atoms with Gasteiger partial charge < -0.3 is 9.84 Å². The Hall–Kier alpha value is -2.06. The number of carbonyl (C=O) groups excluding carboxylic acids is 1. The van der Waals surface area contributed by atoms with Crippen molar-refractivity contribution < 1.29 is 13.9 Å². The van der Waals surface area contributed by atoms with Crippen LogP contribution in [-0.2, 0) is 4.57 Å². The van der Waals surface area contributed by atoms with Crippen molar-refractivity contribution in [2.24, 2.45) is 0 Å². The zero-order valence-electron chi connectivity index (χ0n) is 12.6. The molecule has 1 atom stereocenters. The minimum atomic E-state index is -2.70. The standard InChI is InChI=1S/C17H20NO3P/c1-22(20,21-16-11-6-3-7-12-16)14-8-13-18-17(19)15-9-4-2-5-10-15/h2-7,9-12H,8,13-14H2,1H3,(H,18,19). The molecule has 1 amide bonds. The molecular weight excluding hydrogens is 297 g/mol. The predicted molar refractivity (Wildman–Crippen MR) is 88.9 cm³/mol. The van der Waals surface area contributed by atoms with E-state index in [4.69, 9.17) is 4.52 Å². The summed E-state index contributed by atoms with van der Waals surface area (Å²) in [4.78, 5) is 11.8. The minimum Gasteiger partial charge on any atom is -0.443 e. The smallest absolute Gasteiger partial charge is 0.251 e. The molecule has 0 aliphatic rings. The third-order valence-electron chi connectivity index (χ3n) is 3.10. The molecule has 0 saturated heterocycles. The Kier molecular flexibility index (Phi) is 5.79. The van der Waals surface area contributed by atoms with Crippen molar-refractivity contribution >= 4 is 13.3 Å². The number of hydrogen-bond acceptors (Lipinski definition) is 3. The molecule has 2 rings (SSSR count). The first-order valence-electron chi connectivity index (χ1n) is 7.21. The second kappa shape index (κ2) is 7.81. The second-order valence-corrected chi connectivity index (χ2v) is 7.78. The van der Waals surface area contributed by atoms with Crippen molar-refractivity contribution in [3.05, 3.63) is 66.2 Å². The zero-order chi connectivity index (χ0) is 15.8. The number of carbonyl (C=O) groups is 1. The van der Waals surface area contributed by atoms with Crippen LogP contribution in [0.4, 0.5) is 0 Å². The van der Waals surface area contributed by atoms with Gasteiger partial charge in [0, 0.05) is 24.9 Å². The fourth-order valence-corrected chi connectivity index (χ4v) is 3.40.